The number of Topliss-reactive ketones (excluding diaryl/α,β-unsaturated/α-hetero) is 2. The monoisotopic (exact) mass is 586 g/mol. The summed E-state index contributed by atoms with van der Waals surface area (Å²) in [5.41, 5.74) is 0. The second kappa shape index (κ2) is 14.5. The number of nitrogens with zero attached hydrogens (tertiary/aromatic N) is 1. The van der Waals surface area contributed by atoms with E-state index in [0.717, 1.165) is 44.9 Å². The molecule has 9 nitrogen and oxygen atoms in total. The summed E-state index contributed by atoms with van der Waals surface area (Å²) in [5.74, 6) is -1.70. The molecule has 1 aliphatic heterocycles. The highest BCUT2D eigenvalue weighted by Gasteiger charge is 2.42. The van der Waals surface area contributed by atoms with Gasteiger partial charge in [-0.1, -0.05) is 33.1 Å². The number of alkyl halides is 3. The molecule has 0 radical (unpaired) electrons. The lowest BCUT2D eigenvalue weighted by Crippen LogP contribution is -2.59. The number of amides is 4. The predicted octanol–water partition coefficient (Wildman–Crippen LogP) is 4.04. The van der Waals surface area contributed by atoms with Crippen molar-refractivity contribution in [1.82, 2.24) is 20.9 Å². The van der Waals surface area contributed by atoms with Crippen LogP contribution in [0.2, 0.25) is 0 Å². The maximum absolute atomic E-state index is 13.9. The van der Waals surface area contributed by atoms with Crippen LogP contribution in [0.3, 0.4) is 0 Å². The fraction of sp³-hybridized carbons (Fsp3) is 0.828. The number of hydrogen-bond acceptors (Lipinski definition) is 5. The van der Waals surface area contributed by atoms with Gasteiger partial charge in [-0.05, 0) is 70.1 Å². The molecule has 0 aromatic carbocycles. The third kappa shape index (κ3) is 9.70. The third-order valence-corrected chi connectivity index (χ3v) is 8.51. The van der Waals surface area contributed by atoms with Crippen LogP contribution in [0.5, 0.6) is 0 Å². The SMILES string of the molecule is CC(=O)C(CCCC(F)(F)F)NC(=O)C1CCCN1C(=O)C(NC(=O)NC(C(=O)C1CC1)C(C)C)C1CCCCC1. The number of nitrogens with one attached hydrogen (secondary N) is 3. The Kier molecular flexibility index (Phi) is 11.6. The third-order valence-electron chi connectivity index (χ3n) is 8.51. The van der Waals surface area contributed by atoms with Gasteiger partial charge in [0.25, 0.3) is 0 Å². The molecule has 2 saturated carbocycles. The first-order valence-corrected chi connectivity index (χ1v) is 15.1. The summed E-state index contributed by atoms with van der Waals surface area (Å²) in [7, 11) is 0. The molecule has 3 rings (SSSR count). The molecular formula is C29H45F3N4O5. The zero-order valence-electron chi connectivity index (χ0n) is 24.4. The van der Waals surface area contributed by atoms with E-state index in [1.807, 2.05) is 13.8 Å². The Morgan fingerprint density at radius 1 is 0.878 bits per heavy atom. The number of halogens is 3. The minimum absolute atomic E-state index is 0.00206. The van der Waals surface area contributed by atoms with Gasteiger partial charge < -0.3 is 20.9 Å². The second-order valence-electron chi connectivity index (χ2n) is 12.3. The van der Waals surface area contributed by atoms with Crippen molar-refractivity contribution in [2.45, 2.75) is 128 Å². The van der Waals surface area contributed by atoms with Gasteiger partial charge in [0.15, 0.2) is 11.6 Å². The number of likely N-dealkylation sites (tertiary alicyclic amines) is 1. The molecule has 3 aliphatic rings. The van der Waals surface area contributed by atoms with Crippen molar-refractivity contribution < 1.29 is 37.1 Å². The van der Waals surface area contributed by atoms with Gasteiger partial charge in [0.1, 0.15) is 12.1 Å². The van der Waals surface area contributed by atoms with Crippen LogP contribution in [0.1, 0.15) is 97.8 Å². The van der Waals surface area contributed by atoms with Crippen LogP contribution < -0.4 is 16.0 Å². The van der Waals surface area contributed by atoms with Crippen LogP contribution in [0, 0.1) is 17.8 Å². The van der Waals surface area contributed by atoms with E-state index in [1.54, 1.807) is 0 Å². The van der Waals surface area contributed by atoms with Gasteiger partial charge in [0.2, 0.25) is 11.8 Å². The molecule has 4 atom stereocenters. The highest BCUT2D eigenvalue weighted by atomic mass is 19.4. The molecule has 1 heterocycles. The average molecular weight is 587 g/mol. The summed E-state index contributed by atoms with van der Waals surface area (Å²) in [6.07, 6.45) is 0.998. The standard InChI is InChI=1S/C29H45F3N4O5/c1-17(2)23(25(38)20-13-14-20)34-28(41)35-24(19-9-5-4-6-10-19)27(40)36-16-8-12-22(36)26(39)33-21(18(3)37)11-7-15-29(30,31)32/h17,19-24H,4-16H2,1-3H3,(H,33,39)(H2,34,35,41). The molecule has 232 valence electrons. The van der Waals surface area contributed by atoms with Crippen LogP contribution in [-0.2, 0) is 19.2 Å². The van der Waals surface area contributed by atoms with Crippen LogP contribution in [0.15, 0.2) is 0 Å². The fourth-order valence-corrected chi connectivity index (χ4v) is 5.99. The van der Waals surface area contributed by atoms with Crippen LogP contribution in [-0.4, -0.2) is 71.2 Å². The molecule has 0 aromatic rings. The van der Waals surface area contributed by atoms with E-state index in [0.29, 0.717) is 12.8 Å². The highest BCUT2D eigenvalue weighted by molar-refractivity contribution is 5.96. The number of carbonyl (C=O) groups is 5. The topological polar surface area (TPSA) is 125 Å². The summed E-state index contributed by atoms with van der Waals surface area (Å²) in [6.45, 7) is 5.23. The van der Waals surface area contributed by atoms with Crippen LogP contribution >= 0.6 is 0 Å². The number of rotatable bonds is 13. The van der Waals surface area contributed by atoms with Crippen LogP contribution in [0.4, 0.5) is 18.0 Å². The van der Waals surface area contributed by atoms with E-state index >= 15 is 0 Å². The largest absolute Gasteiger partial charge is 0.389 e. The fourth-order valence-electron chi connectivity index (χ4n) is 5.99. The van der Waals surface area contributed by atoms with Crippen molar-refractivity contribution in [1.29, 1.82) is 0 Å². The Morgan fingerprint density at radius 3 is 2.10 bits per heavy atom. The first kappa shape index (κ1) is 32.8. The molecule has 0 bridgehead atoms. The lowest BCUT2D eigenvalue weighted by Gasteiger charge is -2.35. The van der Waals surface area contributed by atoms with E-state index in [1.165, 1.54) is 11.8 Å². The Bertz CT molecular complexity index is 963. The number of urea groups is 1. The molecule has 4 unspecified atom stereocenters. The first-order valence-electron chi connectivity index (χ1n) is 15.1. The van der Waals surface area contributed by atoms with Crippen molar-refractivity contribution in [3.05, 3.63) is 0 Å². The summed E-state index contributed by atoms with van der Waals surface area (Å²) >= 11 is 0. The zero-order valence-corrected chi connectivity index (χ0v) is 24.4. The number of ketones is 2. The van der Waals surface area contributed by atoms with Gasteiger partial charge in [-0.2, -0.15) is 13.2 Å². The molecule has 41 heavy (non-hydrogen) atoms. The molecule has 0 aromatic heterocycles. The number of hydrogen-bond donors (Lipinski definition) is 3. The maximum atomic E-state index is 13.9. The lowest BCUT2D eigenvalue weighted by atomic mass is 9.83. The van der Waals surface area contributed by atoms with E-state index < -0.39 is 60.4 Å². The Morgan fingerprint density at radius 2 is 1.54 bits per heavy atom. The molecule has 3 fully saturated rings. The van der Waals surface area contributed by atoms with E-state index in [-0.39, 0.29) is 42.9 Å². The second-order valence-corrected chi connectivity index (χ2v) is 12.3. The molecule has 2 aliphatic carbocycles. The lowest BCUT2D eigenvalue weighted by molar-refractivity contribution is -0.142. The highest BCUT2D eigenvalue weighted by Crippen LogP contribution is 2.33. The van der Waals surface area contributed by atoms with Crippen molar-refractivity contribution in [2.75, 3.05) is 6.54 Å². The Balaban J connectivity index is 1.70. The van der Waals surface area contributed by atoms with Crippen molar-refractivity contribution in [3.63, 3.8) is 0 Å². The normalized spacial score (nSPS) is 22.1. The van der Waals surface area contributed by atoms with E-state index in [4.69, 9.17) is 0 Å². The predicted molar refractivity (Wildman–Crippen MR) is 146 cm³/mol. The van der Waals surface area contributed by atoms with Crippen molar-refractivity contribution in [3.8, 4) is 0 Å². The first-order chi connectivity index (χ1) is 19.3. The molecule has 12 heteroatoms. The van der Waals surface area contributed by atoms with Gasteiger partial charge in [0, 0.05) is 18.9 Å². The smallest absolute Gasteiger partial charge is 0.345 e. The molecular weight excluding hydrogens is 541 g/mol. The zero-order chi connectivity index (χ0) is 30.3. The summed E-state index contributed by atoms with van der Waals surface area (Å²) in [5, 5.41) is 8.20. The molecule has 0 spiro atoms. The Hall–Kier alpha value is -2.66. The maximum Gasteiger partial charge on any atom is 0.389 e. The van der Waals surface area contributed by atoms with Gasteiger partial charge in [-0.25, -0.2) is 4.79 Å². The van der Waals surface area contributed by atoms with E-state index in [9.17, 15) is 37.1 Å². The molecule has 1 saturated heterocycles. The van der Waals surface area contributed by atoms with Crippen molar-refractivity contribution >= 4 is 29.4 Å². The van der Waals surface area contributed by atoms with Crippen LogP contribution in [0.25, 0.3) is 0 Å². The Labute approximate surface area is 240 Å². The quantitative estimate of drug-likeness (QED) is 0.301. The molecule has 3 N–H and O–H groups in total. The number of carbonyl (C=O) groups excluding carboxylic acids is 5. The average Bonchev–Trinajstić information content (AvgIpc) is 3.64. The van der Waals surface area contributed by atoms with Gasteiger partial charge >= 0.3 is 12.2 Å². The van der Waals surface area contributed by atoms with Gasteiger partial charge in [-0.15, -0.1) is 0 Å². The minimum atomic E-state index is -4.35. The van der Waals surface area contributed by atoms with Crippen molar-refractivity contribution in [2.24, 2.45) is 17.8 Å². The summed E-state index contributed by atoms with van der Waals surface area (Å²) < 4.78 is 37.8. The minimum Gasteiger partial charge on any atom is -0.345 e. The van der Waals surface area contributed by atoms with Gasteiger partial charge in [-0.3, -0.25) is 19.2 Å². The molecule has 4 amide bonds. The van der Waals surface area contributed by atoms with E-state index in [2.05, 4.69) is 16.0 Å². The summed E-state index contributed by atoms with van der Waals surface area (Å²) in [6, 6.07) is -4.10. The van der Waals surface area contributed by atoms with Gasteiger partial charge in [0.05, 0.1) is 12.1 Å². The summed E-state index contributed by atoms with van der Waals surface area (Å²) in [4.78, 5) is 66.5.